The van der Waals surface area contributed by atoms with Crippen LogP contribution < -0.4 is 10.6 Å². The zero-order chi connectivity index (χ0) is 20.4. The van der Waals surface area contributed by atoms with Crippen molar-refractivity contribution in [1.82, 2.24) is 20.3 Å². The Kier molecular flexibility index (Phi) is 5.49. The zero-order valence-electron chi connectivity index (χ0n) is 16.2. The van der Waals surface area contributed by atoms with Gasteiger partial charge >= 0.3 is 0 Å². The minimum Gasteiger partial charge on any atom is -0.388 e. The number of hydrogen-bond donors (Lipinski definition) is 4. The van der Waals surface area contributed by atoms with Crippen molar-refractivity contribution in [3.8, 4) is 0 Å². The van der Waals surface area contributed by atoms with Crippen molar-refractivity contribution in [2.24, 2.45) is 0 Å². The van der Waals surface area contributed by atoms with E-state index in [1.807, 2.05) is 0 Å². The Morgan fingerprint density at radius 2 is 2.03 bits per heavy atom. The second-order valence-electron chi connectivity index (χ2n) is 7.28. The van der Waals surface area contributed by atoms with Crippen molar-refractivity contribution >= 4 is 40.1 Å². The Morgan fingerprint density at radius 1 is 1.24 bits per heavy atom. The summed E-state index contributed by atoms with van der Waals surface area (Å²) in [5.41, 5.74) is 3.45. The van der Waals surface area contributed by atoms with Crippen LogP contribution in [0.4, 0.5) is 5.69 Å². The average Bonchev–Trinajstić information content (AvgIpc) is 3.17. The maximum atomic E-state index is 12.8. The molecule has 2 heterocycles. The normalized spacial score (nSPS) is 14.7. The van der Waals surface area contributed by atoms with Crippen LogP contribution in [-0.2, 0) is 0 Å². The minimum absolute atomic E-state index is 0.150. The Bertz CT molecular complexity index is 1070. The number of anilines is 1. The molecular formula is C21H23ClN6O. The van der Waals surface area contributed by atoms with Crippen LogP contribution in [0.15, 0.2) is 30.6 Å². The average molecular weight is 411 g/mol. The molecule has 0 spiro atoms. The van der Waals surface area contributed by atoms with Gasteiger partial charge in [0.05, 0.1) is 17.5 Å². The molecule has 0 aliphatic heterocycles. The smallest absolute Gasteiger partial charge is 0.255 e. The third-order valence-electron chi connectivity index (χ3n) is 5.34. The van der Waals surface area contributed by atoms with Crippen LogP contribution in [0, 0.1) is 5.41 Å². The van der Waals surface area contributed by atoms with Crippen LogP contribution in [0.25, 0.3) is 11.2 Å². The van der Waals surface area contributed by atoms with Crippen LogP contribution in [0.1, 0.15) is 53.7 Å². The molecule has 2 aromatic heterocycles. The van der Waals surface area contributed by atoms with E-state index in [0.717, 1.165) is 31.4 Å². The lowest BCUT2D eigenvalue weighted by Gasteiger charge is -2.22. The van der Waals surface area contributed by atoms with Gasteiger partial charge < -0.3 is 15.6 Å². The summed E-state index contributed by atoms with van der Waals surface area (Å²) in [6.07, 6.45) is 8.73. The molecule has 1 fully saturated rings. The van der Waals surface area contributed by atoms with Crippen molar-refractivity contribution in [2.75, 3.05) is 12.4 Å². The Balaban J connectivity index is 1.64. The largest absolute Gasteiger partial charge is 0.388 e. The number of aromatic amines is 1. The third kappa shape index (κ3) is 3.96. The van der Waals surface area contributed by atoms with Crippen LogP contribution >= 0.6 is 11.6 Å². The van der Waals surface area contributed by atoms with Gasteiger partial charge in [0.2, 0.25) is 0 Å². The Hall–Kier alpha value is -2.93. The highest BCUT2D eigenvalue weighted by molar-refractivity contribution is 6.31. The summed E-state index contributed by atoms with van der Waals surface area (Å²) in [4.78, 5) is 24.8. The standard InChI is InChI=1S/C21H23ClN6O/c1-24-16-9-12(22)7-8-14(16)18(23)17-11-26-20-19(28-17)15(10-25-20)21(29)27-13-5-3-2-4-6-13/h7-11,13,23-24H,2-6H2,1H3,(H,25,26)(H,27,29). The van der Waals surface area contributed by atoms with Crippen LogP contribution in [0.3, 0.4) is 0 Å². The lowest BCUT2D eigenvalue weighted by atomic mass is 9.95. The van der Waals surface area contributed by atoms with Gasteiger partial charge in [0.1, 0.15) is 11.2 Å². The Labute approximate surface area is 173 Å². The maximum absolute atomic E-state index is 12.8. The first-order valence-corrected chi connectivity index (χ1v) is 10.2. The van der Waals surface area contributed by atoms with Gasteiger partial charge in [-0.05, 0) is 31.0 Å². The summed E-state index contributed by atoms with van der Waals surface area (Å²) in [5.74, 6) is -0.150. The van der Waals surface area contributed by atoms with Crippen LogP contribution in [0.5, 0.6) is 0 Å². The number of amides is 1. The number of nitrogens with zero attached hydrogens (tertiary/aromatic N) is 2. The van der Waals surface area contributed by atoms with Gasteiger partial charge in [0.15, 0.2) is 5.65 Å². The SMILES string of the molecule is CNc1cc(Cl)ccc1C(=N)c1cnc2[nH]cc(C(=O)NC3CCCCC3)c2n1. The summed E-state index contributed by atoms with van der Waals surface area (Å²) in [5, 5.41) is 15.3. The predicted octanol–water partition coefficient (Wildman–Crippen LogP) is 4.13. The second kappa shape index (κ2) is 8.21. The molecule has 150 valence electrons. The third-order valence-corrected chi connectivity index (χ3v) is 5.58. The van der Waals surface area contributed by atoms with Gasteiger partial charge in [-0.3, -0.25) is 10.2 Å². The first-order valence-electron chi connectivity index (χ1n) is 9.78. The Morgan fingerprint density at radius 3 is 2.79 bits per heavy atom. The molecule has 4 rings (SSSR count). The number of halogens is 1. The molecule has 0 bridgehead atoms. The van der Waals surface area contributed by atoms with E-state index >= 15 is 0 Å². The number of benzene rings is 1. The van der Waals surface area contributed by atoms with E-state index < -0.39 is 0 Å². The van der Waals surface area contributed by atoms with Crippen LogP contribution in [-0.4, -0.2) is 39.7 Å². The van der Waals surface area contributed by atoms with Gasteiger partial charge in [-0.15, -0.1) is 0 Å². The molecule has 0 unspecified atom stereocenters. The van der Waals surface area contributed by atoms with E-state index in [2.05, 4.69) is 25.6 Å². The molecule has 29 heavy (non-hydrogen) atoms. The van der Waals surface area contributed by atoms with Gasteiger partial charge in [-0.1, -0.05) is 30.9 Å². The quantitative estimate of drug-likeness (QED) is 0.474. The topological polar surface area (TPSA) is 107 Å². The van der Waals surface area contributed by atoms with Crippen molar-refractivity contribution in [3.05, 3.63) is 52.4 Å². The number of aromatic nitrogens is 3. The molecule has 8 heteroatoms. The molecule has 1 aromatic carbocycles. The van der Waals surface area contributed by atoms with E-state index in [-0.39, 0.29) is 17.7 Å². The van der Waals surface area contributed by atoms with Gasteiger partial charge in [0.25, 0.3) is 5.91 Å². The molecule has 0 saturated heterocycles. The highest BCUT2D eigenvalue weighted by atomic mass is 35.5. The van der Waals surface area contributed by atoms with Gasteiger partial charge in [0, 0.05) is 35.6 Å². The van der Waals surface area contributed by atoms with E-state index in [9.17, 15) is 4.79 Å². The molecule has 1 aliphatic carbocycles. The van der Waals surface area contributed by atoms with E-state index in [1.165, 1.54) is 12.6 Å². The molecule has 7 nitrogen and oxygen atoms in total. The first kappa shape index (κ1) is 19.4. The summed E-state index contributed by atoms with van der Waals surface area (Å²) in [6, 6.07) is 5.48. The fourth-order valence-electron chi connectivity index (χ4n) is 3.77. The highest BCUT2D eigenvalue weighted by Crippen LogP contribution is 2.24. The molecule has 3 aromatic rings. The first-order chi connectivity index (χ1) is 14.1. The van der Waals surface area contributed by atoms with Crippen molar-refractivity contribution < 1.29 is 4.79 Å². The van der Waals surface area contributed by atoms with E-state index in [4.69, 9.17) is 17.0 Å². The summed E-state index contributed by atoms with van der Waals surface area (Å²) >= 11 is 6.06. The fraction of sp³-hybridized carbons (Fsp3) is 0.333. The van der Waals surface area contributed by atoms with Crippen molar-refractivity contribution in [3.63, 3.8) is 0 Å². The number of fused-ring (bicyclic) bond motifs is 1. The molecule has 0 radical (unpaired) electrons. The number of hydrogen-bond acceptors (Lipinski definition) is 5. The molecule has 1 amide bonds. The molecule has 0 atom stereocenters. The lowest BCUT2D eigenvalue weighted by Crippen LogP contribution is -2.36. The van der Waals surface area contributed by atoms with Crippen molar-refractivity contribution in [2.45, 2.75) is 38.1 Å². The highest BCUT2D eigenvalue weighted by Gasteiger charge is 2.21. The number of nitrogens with one attached hydrogen (secondary N) is 4. The number of rotatable bonds is 5. The fourth-order valence-corrected chi connectivity index (χ4v) is 3.95. The summed E-state index contributed by atoms with van der Waals surface area (Å²) < 4.78 is 0. The predicted molar refractivity (Wildman–Crippen MR) is 115 cm³/mol. The molecule has 1 aliphatic rings. The second-order valence-corrected chi connectivity index (χ2v) is 7.71. The minimum atomic E-state index is -0.150. The van der Waals surface area contributed by atoms with Gasteiger partial charge in [-0.25, -0.2) is 9.97 Å². The summed E-state index contributed by atoms with van der Waals surface area (Å²) in [7, 11) is 1.77. The molecule has 4 N–H and O–H groups in total. The van der Waals surface area contributed by atoms with Crippen molar-refractivity contribution in [1.29, 1.82) is 5.41 Å². The number of carbonyl (C=O) groups is 1. The monoisotopic (exact) mass is 410 g/mol. The van der Waals surface area contributed by atoms with Gasteiger partial charge in [-0.2, -0.15) is 0 Å². The lowest BCUT2D eigenvalue weighted by molar-refractivity contribution is 0.0929. The van der Waals surface area contributed by atoms with Crippen LogP contribution in [0.2, 0.25) is 5.02 Å². The molecule has 1 saturated carbocycles. The summed E-state index contributed by atoms with van der Waals surface area (Å²) in [6.45, 7) is 0. The molecular weight excluding hydrogens is 388 g/mol. The maximum Gasteiger partial charge on any atom is 0.255 e. The number of H-pyrrole nitrogens is 1. The zero-order valence-corrected chi connectivity index (χ0v) is 16.9. The number of carbonyl (C=O) groups excluding carboxylic acids is 1. The van der Waals surface area contributed by atoms with E-state index in [0.29, 0.717) is 33.0 Å². The van der Waals surface area contributed by atoms with E-state index in [1.54, 1.807) is 31.4 Å².